The SMILES string of the molecule is CC(C(=O)N(C)C1CCCCC1)N1CCCC(NC(=O)c2cnns2)C1. The first kappa shape index (κ1) is 19.2. The Hall–Kier alpha value is -1.54. The van der Waals surface area contributed by atoms with Crippen LogP contribution in [0.15, 0.2) is 6.20 Å². The van der Waals surface area contributed by atoms with Crippen molar-refractivity contribution in [2.45, 2.75) is 70.0 Å². The minimum Gasteiger partial charge on any atom is -0.347 e. The molecule has 0 radical (unpaired) electrons. The average molecular weight is 380 g/mol. The number of piperidine rings is 1. The fourth-order valence-corrected chi connectivity index (χ4v) is 4.52. The molecule has 144 valence electrons. The lowest BCUT2D eigenvalue weighted by atomic mass is 9.94. The highest BCUT2D eigenvalue weighted by atomic mass is 32.1. The summed E-state index contributed by atoms with van der Waals surface area (Å²) in [7, 11) is 1.95. The van der Waals surface area contributed by atoms with Gasteiger partial charge < -0.3 is 10.2 Å². The Labute approximate surface area is 159 Å². The lowest BCUT2D eigenvalue weighted by molar-refractivity contribution is -0.138. The molecule has 1 aromatic heterocycles. The smallest absolute Gasteiger partial charge is 0.264 e. The molecule has 8 heteroatoms. The van der Waals surface area contributed by atoms with Crippen molar-refractivity contribution in [3.05, 3.63) is 11.1 Å². The number of amides is 2. The monoisotopic (exact) mass is 379 g/mol. The van der Waals surface area contributed by atoms with Gasteiger partial charge in [-0.1, -0.05) is 23.8 Å². The average Bonchev–Trinajstić information content (AvgIpc) is 3.22. The van der Waals surface area contributed by atoms with E-state index in [1.165, 1.54) is 25.5 Å². The number of aromatic nitrogens is 2. The number of carbonyl (C=O) groups excluding carboxylic acids is 2. The molecular weight excluding hydrogens is 350 g/mol. The molecule has 2 aliphatic rings. The van der Waals surface area contributed by atoms with Gasteiger partial charge in [-0.15, -0.1) is 5.10 Å². The first-order chi connectivity index (χ1) is 12.6. The minimum atomic E-state index is -0.147. The molecule has 2 amide bonds. The summed E-state index contributed by atoms with van der Waals surface area (Å²) >= 11 is 1.10. The molecule has 2 atom stereocenters. The molecule has 1 saturated heterocycles. The molecule has 0 spiro atoms. The summed E-state index contributed by atoms with van der Waals surface area (Å²) in [6.45, 7) is 3.61. The van der Waals surface area contributed by atoms with Crippen molar-refractivity contribution < 1.29 is 9.59 Å². The fourth-order valence-electron chi connectivity index (χ4n) is 4.10. The van der Waals surface area contributed by atoms with E-state index < -0.39 is 0 Å². The maximum Gasteiger partial charge on any atom is 0.264 e. The number of carbonyl (C=O) groups is 2. The van der Waals surface area contributed by atoms with Crippen molar-refractivity contribution in [2.24, 2.45) is 0 Å². The Morgan fingerprint density at radius 3 is 2.73 bits per heavy atom. The summed E-state index contributed by atoms with van der Waals surface area (Å²) in [5.41, 5.74) is 0. The van der Waals surface area contributed by atoms with Gasteiger partial charge in [0.15, 0.2) is 0 Å². The first-order valence-corrected chi connectivity index (χ1v) is 10.4. The standard InChI is InChI=1S/C18H29N5O2S/c1-13(18(25)22(2)15-8-4-3-5-9-15)23-10-6-7-14(12-23)20-17(24)16-11-19-21-26-16/h11,13-15H,3-10,12H2,1-2H3,(H,20,24). The van der Waals surface area contributed by atoms with E-state index in [0.717, 1.165) is 43.8 Å². The van der Waals surface area contributed by atoms with E-state index in [1.807, 2.05) is 18.9 Å². The molecule has 1 aromatic rings. The largest absolute Gasteiger partial charge is 0.347 e. The van der Waals surface area contributed by atoms with Crippen LogP contribution >= 0.6 is 11.5 Å². The molecule has 1 aliphatic heterocycles. The fraction of sp³-hybridized carbons (Fsp3) is 0.778. The molecule has 1 aliphatic carbocycles. The number of likely N-dealkylation sites (N-methyl/N-ethyl adjacent to an activating group) is 1. The topological polar surface area (TPSA) is 78.4 Å². The molecular formula is C18H29N5O2S. The molecule has 7 nitrogen and oxygen atoms in total. The van der Waals surface area contributed by atoms with Crippen molar-refractivity contribution in [3.8, 4) is 0 Å². The molecule has 0 aromatic carbocycles. The summed E-state index contributed by atoms with van der Waals surface area (Å²) in [4.78, 5) is 29.9. The molecule has 1 saturated carbocycles. The quantitative estimate of drug-likeness (QED) is 0.845. The van der Waals surface area contributed by atoms with Crippen LogP contribution in [-0.4, -0.2) is 69.5 Å². The van der Waals surface area contributed by atoms with Gasteiger partial charge in [0.25, 0.3) is 5.91 Å². The Morgan fingerprint density at radius 1 is 1.27 bits per heavy atom. The van der Waals surface area contributed by atoms with Crippen LogP contribution in [0.3, 0.4) is 0 Å². The van der Waals surface area contributed by atoms with Crippen LogP contribution in [0.1, 0.15) is 61.5 Å². The van der Waals surface area contributed by atoms with E-state index in [1.54, 1.807) is 0 Å². The first-order valence-electron chi connectivity index (χ1n) is 9.65. The Morgan fingerprint density at radius 2 is 2.04 bits per heavy atom. The van der Waals surface area contributed by atoms with Crippen LogP contribution in [0.5, 0.6) is 0 Å². The second-order valence-electron chi connectivity index (χ2n) is 7.51. The molecule has 26 heavy (non-hydrogen) atoms. The Kier molecular flexibility index (Phi) is 6.58. The lowest BCUT2D eigenvalue weighted by Gasteiger charge is -2.39. The third-order valence-corrected chi connectivity index (χ3v) is 6.41. The number of likely N-dealkylation sites (tertiary alicyclic amines) is 1. The van der Waals surface area contributed by atoms with Crippen LogP contribution in [0.4, 0.5) is 0 Å². The zero-order chi connectivity index (χ0) is 18.5. The second kappa shape index (κ2) is 8.90. The molecule has 2 fully saturated rings. The van der Waals surface area contributed by atoms with Crippen LogP contribution in [0, 0.1) is 0 Å². The predicted octanol–water partition coefficient (Wildman–Crippen LogP) is 1.91. The van der Waals surface area contributed by atoms with Gasteiger partial charge in [0.05, 0.1) is 12.2 Å². The molecule has 0 bridgehead atoms. The van der Waals surface area contributed by atoms with E-state index in [9.17, 15) is 9.59 Å². The number of nitrogens with one attached hydrogen (secondary N) is 1. The molecule has 2 heterocycles. The van der Waals surface area contributed by atoms with Crippen LogP contribution in [0.25, 0.3) is 0 Å². The zero-order valence-corrected chi connectivity index (χ0v) is 16.5. The van der Waals surface area contributed by atoms with Gasteiger partial charge in [0.2, 0.25) is 5.91 Å². The highest BCUT2D eigenvalue weighted by Gasteiger charge is 2.32. The highest BCUT2D eigenvalue weighted by Crippen LogP contribution is 2.23. The van der Waals surface area contributed by atoms with Crippen molar-refractivity contribution in [1.82, 2.24) is 24.7 Å². The summed E-state index contributed by atoms with van der Waals surface area (Å²) in [6, 6.07) is 0.304. The minimum absolute atomic E-state index is 0.0635. The Bertz CT molecular complexity index is 603. The third-order valence-electron chi connectivity index (χ3n) is 5.75. The van der Waals surface area contributed by atoms with Crippen molar-refractivity contribution in [2.75, 3.05) is 20.1 Å². The van der Waals surface area contributed by atoms with E-state index >= 15 is 0 Å². The van der Waals surface area contributed by atoms with E-state index in [-0.39, 0.29) is 23.9 Å². The van der Waals surface area contributed by atoms with Crippen LogP contribution in [-0.2, 0) is 4.79 Å². The lowest BCUT2D eigenvalue weighted by Crippen LogP contribution is -2.55. The summed E-state index contributed by atoms with van der Waals surface area (Å²) in [6.07, 6.45) is 9.39. The van der Waals surface area contributed by atoms with Crippen molar-refractivity contribution in [1.29, 1.82) is 0 Å². The van der Waals surface area contributed by atoms with E-state index in [0.29, 0.717) is 17.5 Å². The van der Waals surface area contributed by atoms with Gasteiger partial charge in [0.1, 0.15) is 4.88 Å². The van der Waals surface area contributed by atoms with Gasteiger partial charge in [-0.05, 0) is 50.7 Å². The zero-order valence-electron chi connectivity index (χ0n) is 15.7. The maximum atomic E-state index is 12.9. The Balaban J connectivity index is 1.54. The van der Waals surface area contributed by atoms with Crippen molar-refractivity contribution >= 4 is 23.3 Å². The van der Waals surface area contributed by atoms with Gasteiger partial charge in [-0.2, -0.15) is 0 Å². The summed E-state index contributed by atoms with van der Waals surface area (Å²) in [5.74, 6) is 0.0840. The number of hydrogen-bond donors (Lipinski definition) is 1. The molecule has 3 rings (SSSR count). The normalized spacial score (nSPS) is 23.4. The van der Waals surface area contributed by atoms with E-state index in [4.69, 9.17) is 0 Å². The number of hydrogen-bond acceptors (Lipinski definition) is 6. The third kappa shape index (κ3) is 4.59. The molecule has 1 N–H and O–H groups in total. The maximum absolute atomic E-state index is 12.9. The van der Waals surface area contributed by atoms with Crippen LogP contribution < -0.4 is 5.32 Å². The molecule has 2 unspecified atom stereocenters. The predicted molar refractivity (Wildman–Crippen MR) is 101 cm³/mol. The van der Waals surface area contributed by atoms with Gasteiger partial charge in [0, 0.05) is 25.7 Å². The van der Waals surface area contributed by atoms with Crippen molar-refractivity contribution in [3.63, 3.8) is 0 Å². The summed E-state index contributed by atoms with van der Waals surface area (Å²) < 4.78 is 3.74. The number of rotatable bonds is 5. The summed E-state index contributed by atoms with van der Waals surface area (Å²) in [5, 5.41) is 6.78. The number of nitrogens with zero attached hydrogens (tertiary/aromatic N) is 4. The highest BCUT2D eigenvalue weighted by molar-refractivity contribution is 7.07. The van der Waals surface area contributed by atoms with E-state index in [2.05, 4.69) is 19.8 Å². The van der Waals surface area contributed by atoms with Gasteiger partial charge >= 0.3 is 0 Å². The van der Waals surface area contributed by atoms with Crippen LogP contribution in [0.2, 0.25) is 0 Å². The van der Waals surface area contributed by atoms with Gasteiger partial charge in [-0.25, -0.2) is 0 Å². The second-order valence-corrected chi connectivity index (χ2v) is 8.29. The van der Waals surface area contributed by atoms with Gasteiger partial charge in [-0.3, -0.25) is 14.5 Å².